The smallest absolute Gasteiger partial charge is 0.228 e. The Bertz CT molecular complexity index is 1480. The Morgan fingerprint density at radius 2 is 2.09 bits per heavy atom. The minimum atomic E-state index is -3.22. The summed E-state index contributed by atoms with van der Waals surface area (Å²) < 4.78 is 30.1. The second kappa shape index (κ2) is 8.79. The molecular weight excluding hydrogens is 474 g/mol. The van der Waals surface area contributed by atoms with Crippen molar-refractivity contribution < 1.29 is 8.42 Å². The molecule has 0 bridgehead atoms. The molecule has 11 nitrogen and oxygen atoms in total. The van der Waals surface area contributed by atoms with E-state index in [9.17, 15) is 13.7 Å². The van der Waals surface area contributed by atoms with Gasteiger partial charge in [-0.2, -0.15) is 15.5 Å². The summed E-state index contributed by atoms with van der Waals surface area (Å²) in [5, 5.41) is 23.3. The van der Waals surface area contributed by atoms with E-state index in [0.29, 0.717) is 19.0 Å². The number of aryl methyl sites for hydroxylation is 1. The van der Waals surface area contributed by atoms with Crippen molar-refractivity contribution in [2.45, 2.75) is 19.4 Å². The number of fused-ring (bicyclic) bond motifs is 1. The Kier molecular flexibility index (Phi) is 5.80. The maximum Gasteiger partial charge on any atom is 0.228 e. The largest absolute Gasteiger partial charge is 0.321 e. The Morgan fingerprint density at radius 3 is 2.79 bits per heavy atom. The first-order valence-corrected chi connectivity index (χ1v) is 13.3. The summed E-state index contributed by atoms with van der Waals surface area (Å²) in [5.41, 5.74) is 3.16. The maximum absolute atomic E-state index is 12.1. The predicted octanol–water partition coefficient (Wildman–Crippen LogP) is 2.77. The van der Waals surface area contributed by atoms with Crippen molar-refractivity contribution >= 4 is 43.2 Å². The molecule has 34 heavy (non-hydrogen) atoms. The Balaban J connectivity index is 1.44. The highest BCUT2D eigenvalue weighted by Gasteiger charge is 2.40. The molecular formula is C21H23N9O2S2. The summed E-state index contributed by atoms with van der Waals surface area (Å²) in [4.78, 5) is 9.35. The number of hydrogen-bond acceptors (Lipinski definition) is 9. The van der Waals surface area contributed by atoms with E-state index in [1.54, 1.807) is 40.0 Å². The van der Waals surface area contributed by atoms with Crippen molar-refractivity contribution in [1.29, 1.82) is 5.26 Å². The molecule has 1 unspecified atom stereocenters. The number of rotatable bonds is 8. The number of sulfonamides is 1. The van der Waals surface area contributed by atoms with Gasteiger partial charge in [0, 0.05) is 44.0 Å². The van der Waals surface area contributed by atoms with Crippen LogP contribution in [0.1, 0.15) is 19.4 Å². The van der Waals surface area contributed by atoms with Gasteiger partial charge in [-0.1, -0.05) is 0 Å². The van der Waals surface area contributed by atoms with E-state index in [4.69, 9.17) is 4.98 Å². The Hall–Kier alpha value is -3.34. The molecule has 4 aromatic rings. The van der Waals surface area contributed by atoms with Gasteiger partial charge < -0.3 is 5.32 Å². The van der Waals surface area contributed by atoms with Crippen LogP contribution in [-0.4, -0.2) is 61.1 Å². The summed E-state index contributed by atoms with van der Waals surface area (Å²) in [6, 6.07) is 3.96. The highest BCUT2D eigenvalue weighted by atomic mass is 32.2. The molecule has 1 atom stereocenters. The first-order chi connectivity index (χ1) is 16.4. The lowest BCUT2D eigenvalue weighted by atomic mass is 9.92. The van der Waals surface area contributed by atoms with Gasteiger partial charge in [0.15, 0.2) is 0 Å². The number of hydrogen-bond donors (Lipinski definition) is 1. The van der Waals surface area contributed by atoms with Gasteiger partial charge in [-0.25, -0.2) is 22.7 Å². The Labute approximate surface area is 200 Å². The molecule has 13 heteroatoms. The highest BCUT2D eigenvalue weighted by Crippen LogP contribution is 2.35. The van der Waals surface area contributed by atoms with Gasteiger partial charge in [0.25, 0.3) is 0 Å². The normalized spacial score (nSPS) is 15.8. The van der Waals surface area contributed by atoms with Crippen LogP contribution in [0.15, 0.2) is 36.2 Å². The Morgan fingerprint density at radius 1 is 1.26 bits per heavy atom. The molecule has 1 aliphatic heterocycles. The van der Waals surface area contributed by atoms with Crippen LogP contribution in [0.3, 0.4) is 0 Å². The maximum atomic E-state index is 12.1. The molecule has 4 aromatic heterocycles. The summed E-state index contributed by atoms with van der Waals surface area (Å²) in [6.07, 6.45) is 7.41. The highest BCUT2D eigenvalue weighted by molar-refractivity contribution is 7.89. The molecule has 0 radical (unpaired) electrons. The van der Waals surface area contributed by atoms with Gasteiger partial charge in [0.2, 0.25) is 16.0 Å². The molecule has 0 spiro atoms. The lowest BCUT2D eigenvalue weighted by Gasteiger charge is -2.41. The monoisotopic (exact) mass is 497 g/mol. The average molecular weight is 498 g/mol. The second-order valence-corrected chi connectivity index (χ2v) is 11.3. The van der Waals surface area contributed by atoms with Crippen LogP contribution in [-0.2, 0) is 17.1 Å². The fraction of sp³-hybridized carbons (Fsp3) is 0.381. The van der Waals surface area contributed by atoms with E-state index in [2.05, 4.69) is 26.6 Å². The average Bonchev–Trinajstić information content (AvgIpc) is 3.52. The minimum absolute atomic E-state index is 0.0312. The van der Waals surface area contributed by atoms with Crippen molar-refractivity contribution in [2.24, 2.45) is 13.0 Å². The zero-order valence-electron chi connectivity index (χ0n) is 18.7. The molecule has 1 N–H and O–H groups in total. The van der Waals surface area contributed by atoms with Crippen LogP contribution in [0.25, 0.3) is 21.5 Å². The fourth-order valence-electron chi connectivity index (χ4n) is 4.06. The molecule has 0 amide bonds. The third-order valence-corrected chi connectivity index (χ3v) is 8.68. The van der Waals surface area contributed by atoms with Crippen molar-refractivity contribution in [1.82, 2.24) is 33.8 Å². The summed E-state index contributed by atoms with van der Waals surface area (Å²) in [5.74, 6) is 0.562. The predicted molar refractivity (Wildman–Crippen MR) is 129 cm³/mol. The van der Waals surface area contributed by atoms with Crippen LogP contribution < -0.4 is 5.32 Å². The number of nitrogens with zero attached hydrogens (tertiary/aromatic N) is 8. The van der Waals surface area contributed by atoms with Gasteiger partial charge in [0.05, 0.1) is 58.3 Å². The van der Waals surface area contributed by atoms with E-state index in [-0.39, 0.29) is 24.1 Å². The number of anilines is 2. The number of aromatic nitrogens is 6. The van der Waals surface area contributed by atoms with E-state index in [0.717, 1.165) is 27.2 Å². The van der Waals surface area contributed by atoms with Crippen molar-refractivity contribution in [3.05, 3.63) is 36.2 Å². The molecule has 1 aliphatic rings. The zero-order valence-corrected chi connectivity index (χ0v) is 20.3. The SMILES string of the molecule is CCS(=O)(=O)N1CC(C(CC#N)n2cc(-c3nc(Nc4cnn(C)c4)nc4ccsc34)cn2)C1. The summed E-state index contributed by atoms with van der Waals surface area (Å²) in [6.45, 7) is 2.44. The standard InChI is InChI=1S/C21H23N9O2S2/c1-3-34(31,32)29-10-15(11-29)18(4-6-22)30-12-14(8-24-30)19-20-17(5-7-33-20)26-21(27-19)25-16-9-23-28(2)13-16/h5,7-9,12-13,15,18H,3-4,10-11H2,1-2H3,(H,25,26,27). The van der Waals surface area contributed by atoms with E-state index in [1.165, 1.54) is 4.31 Å². The van der Waals surface area contributed by atoms with Crippen molar-refractivity contribution in [3.63, 3.8) is 0 Å². The topological polar surface area (TPSA) is 135 Å². The van der Waals surface area contributed by atoms with Crippen LogP contribution in [0.5, 0.6) is 0 Å². The molecule has 0 saturated carbocycles. The number of nitriles is 1. The van der Waals surface area contributed by atoms with Gasteiger partial charge in [-0.15, -0.1) is 11.3 Å². The summed E-state index contributed by atoms with van der Waals surface area (Å²) in [7, 11) is -1.38. The molecule has 1 saturated heterocycles. The van der Waals surface area contributed by atoms with Crippen LogP contribution in [0, 0.1) is 17.2 Å². The number of thiophene rings is 1. The number of nitrogens with one attached hydrogen (secondary N) is 1. The lowest BCUT2D eigenvalue weighted by Crippen LogP contribution is -2.53. The van der Waals surface area contributed by atoms with Crippen LogP contribution in [0.2, 0.25) is 0 Å². The lowest BCUT2D eigenvalue weighted by molar-refractivity contribution is 0.133. The van der Waals surface area contributed by atoms with E-state index in [1.807, 2.05) is 30.9 Å². The first-order valence-electron chi connectivity index (χ1n) is 10.8. The van der Waals surface area contributed by atoms with Crippen molar-refractivity contribution in [2.75, 3.05) is 24.2 Å². The fourth-order valence-corrected chi connectivity index (χ4v) is 6.11. The van der Waals surface area contributed by atoms with Gasteiger partial charge >= 0.3 is 0 Å². The van der Waals surface area contributed by atoms with E-state index >= 15 is 0 Å². The van der Waals surface area contributed by atoms with Gasteiger partial charge in [-0.05, 0) is 18.4 Å². The molecule has 0 aliphatic carbocycles. The van der Waals surface area contributed by atoms with Crippen LogP contribution in [0.4, 0.5) is 11.6 Å². The quantitative estimate of drug-likeness (QED) is 0.393. The van der Waals surface area contributed by atoms with E-state index < -0.39 is 10.0 Å². The summed E-state index contributed by atoms with van der Waals surface area (Å²) >= 11 is 1.55. The third-order valence-electron chi connectivity index (χ3n) is 5.96. The molecule has 1 fully saturated rings. The molecule has 176 valence electrons. The molecule has 5 heterocycles. The molecule has 0 aromatic carbocycles. The third kappa shape index (κ3) is 4.15. The first kappa shape index (κ1) is 22.5. The van der Waals surface area contributed by atoms with Gasteiger partial charge in [-0.3, -0.25) is 9.36 Å². The molecule has 5 rings (SSSR count). The zero-order chi connectivity index (χ0) is 23.9. The van der Waals surface area contributed by atoms with Gasteiger partial charge in [0.1, 0.15) is 0 Å². The second-order valence-electron chi connectivity index (χ2n) is 8.17. The van der Waals surface area contributed by atoms with Crippen LogP contribution >= 0.6 is 11.3 Å². The minimum Gasteiger partial charge on any atom is -0.321 e. The van der Waals surface area contributed by atoms with Crippen molar-refractivity contribution in [3.8, 4) is 17.3 Å².